The minimum atomic E-state index is 0.399. The molecule has 0 N–H and O–H groups in total. The Bertz CT molecular complexity index is 116. The first-order valence-corrected chi connectivity index (χ1v) is 2.92. The van der Waals surface area contributed by atoms with Crippen molar-refractivity contribution in [3.05, 3.63) is 12.3 Å². The second kappa shape index (κ2) is 4.13. The van der Waals surface area contributed by atoms with Crippen LogP contribution in [0.1, 0.15) is 13.8 Å². The van der Waals surface area contributed by atoms with Crippen LogP contribution in [0.5, 0.6) is 0 Å². The normalized spacial score (nSPS) is 10.7. The molecule has 0 bridgehead atoms. The summed E-state index contributed by atoms with van der Waals surface area (Å²) in [5, 5.41) is 0. The van der Waals surface area contributed by atoms with Crippen molar-refractivity contribution in [2.24, 2.45) is 10.9 Å². The Kier molecular flexibility index (Phi) is 3.76. The molecular weight excluding hydrogens is 114 g/mol. The van der Waals surface area contributed by atoms with E-state index in [0.29, 0.717) is 5.92 Å². The summed E-state index contributed by atoms with van der Waals surface area (Å²) in [6.07, 6.45) is 1.39. The lowest BCUT2D eigenvalue weighted by Gasteiger charge is -2.00. The lowest BCUT2D eigenvalue weighted by atomic mass is 10.2. The molecule has 0 aliphatic rings. The van der Waals surface area contributed by atoms with Gasteiger partial charge in [0.05, 0.1) is 7.11 Å². The highest BCUT2D eigenvalue weighted by atomic mass is 16.5. The smallest absolute Gasteiger partial charge is 0.173 e. The van der Waals surface area contributed by atoms with Crippen LogP contribution in [0.2, 0.25) is 0 Å². The molecule has 0 saturated heterocycles. The van der Waals surface area contributed by atoms with Gasteiger partial charge in [-0.15, -0.1) is 0 Å². The number of rotatable bonds is 3. The lowest BCUT2D eigenvalue weighted by Crippen LogP contribution is -1.89. The first-order chi connectivity index (χ1) is 4.18. The zero-order chi connectivity index (χ0) is 7.28. The van der Waals surface area contributed by atoms with Crippen LogP contribution >= 0.6 is 0 Å². The van der Waals surface area contributed by atoms with E-state index in [-0.39, 0.29) is 0 Å². The fourth-order valence-corrected chi connectivity index (χ4v) is 0.269. The van der Waals surface area contributed by atoms with E-state index >= 15 is 0 Å². The van der Waals surface area contributed by atoms with Gasteiger partial charge in [-0.2, -0.15) is 0 Å². The average Bonchev–Trinajstić information content (AvgIpc) is 1.82. The van der Waals surface area contributed by atoms with E-state index in [2.05, 4.69) is 16.3 Å². The van der Waals surface area contributed by atoms with Gasteiger partial charge in [0.2, 0.25) is 0 Å². The number of nitrogens with zero attached hydrogens (tertiary/aromatic N) is 1. The zero-order valence-corrected chi connectivity index (χ0v) is 6.22. The molecule has 0 rings (SSSR count). The van der Waals surface area contributed by atoms with Gasteiger partial charge in [-0.1, -0.05) is 20.4 Å². The highest BCUT2D eigenvalue weighted by molar-refractivity contribution is 5.48. The Balaban J connectivity index is 3.63. The predicted molar refractivity (Wildman–Crippen MR) is 39.5 cm³/mol. The summed E-state index contributed by atoms with van der Waals surface area (Å²) in [5.41, 5.74) is 0.844. The fraction of sp³-hybridized carbons (Fsp3) is 0.571. The lowest BCUT2D eigenvalue weighted by molar-refractivity contribution is 0.421. The van der Waals surface area contributed by atoms with Crippen molar-refractivity contribution >= 4 is 6.40 Å². The molecule has 2 heteroatoms. The fourth-order valence-electron chi connectivity index (χ4n) is 0.269. The maximum Gasteiger partial charge on any atom is 0.173 e. The molecule has 52 valence electrons. The van der Waals surface area contributed by atoms with Crippen LogP contribution in [0.15, 0.2) is 17.3 Å². The molecule has 0 radical (unpaired) electrons. The topological polar surface area (TPSA) is 21.6 Å². The molecule has 0 amide bonds. The van der Waals surface area contributed by atoms with Crippen LogP contribution in [0.4, 0.5) is 0 Å². The van der Waals surface area contributed by atoms with Gasteiger partial charge in [-0.05, 0) is 5.92 Å². The van der Waals surface area contributed by atoms with Gasteiger partial charge < -0.3 is 4.74 Å². The monoisotopic (exact) mass is 127 g/mol. The van der Waals surface area contributed by atoms with Crippen molar-refractivity contribution in [3.63, 3.8) is 0 Å². The molecule has 0 aliphatic carbocycles. The average molecular weight is 127 g/mol. The molecule has 0 fully saturated rings. The molecule has 0 saturated carbocycles. The van der Waals surface area contributed by atoms with E-state index in [1.807, 2.05) is 13.8 Å². The van der Waals surface area contributed by atoms with Gasteiger partial charge in [0.25, 0.3) is 0 Å². The molecule has 2 nitrogen and oxygen atoms in total. The van der Waals surface area contributed by atoms with Gasteiger partial charge in [0.15, 0.2) is 6.40 Å². The minimum Gasteiger partial charge on any atom is -0.486 e. The third kappa shape index (κ3) is 3.76. The van der Waals surface area contributed by atoms with E-state index in [9.17, 15) is 0 Å². The minimum absolute atomic E-state index is 0.399. The number of allylic oxidation sites excluding steroid dienone is 1. The summed E-state index contributed by atoms with van der Waals surface area (Å²) in [6.45, 7) is 7.79. The molecule has 0 spiro atoms. The van der Waals surface area contributed by atoms with E-state index in [1.165, 1.54) is 6.40 Å². The Hall–Kier alpha value is -0.790. The highest BCUT2D eigenvalue weighted by Crippen LogP contribution is 2.05. The van der Waals surface area contributed by atoms with Crippen LogP contribution in [-0.2, 0) is 4.74 Å². The van der Waals surface area contributed by atoms with E-state index in [4.69, 9.17) is 0 Å². The van der Waals surface area contributed by atoms with Crippen LogP contribution in [0, 0.1) is 5.92 Å². The highest BCUT2D eigenvalue weighted by Gasteiger charge is 1.94. The Morgan fingerprint density at radius 3 is 2.56 bits per heavy atom. The number of methoxy groups -OCH3 is 1. The van der Waals surface area contributed by atoms with Crippen LogP contribution < -0.4 is 0 Å². The van der Waals surface area contributed by atoms with E-state index in [0.717, 1.165) is 5.70 Å². The number of hydrogen-bond donors (Lipinski definition) is 0. The van der Waals surface area contributed by atoms with E-state index < -0.39 is 0 Å². The molecule has 0 aromatic carbocycles. The standard InChI is InChI=1S/C7H13NO/c1-6(2)7(3)8-5-9-4/h5-6H,3H2,1-2,4H3. The molecule has 0 heterocycles. The van der Waals surface area contributed by atoms with Crippen molar-refractivity contribution in [2.75, 3.05) is 7.11 Å². The molecule has 0 unspecified atom stereocenters. The summed E-state index contributed by atoms with van der Waals surface area (Å²) in [5.74, 6) is 0.399. The quantitative estimate of drug-likeness (QED) is 0.418. The number of hydrogen-bond acceptors (Lipinski definition) is 2. The van der Waals surface area contributed by atoms with Crippen molar-refractivity contribution < 1.29 is 4.74 Å². The van der Waals surface area contributed by atoms with Gasteiger partial charge in [-0.25, -0.2) is 4.99 Å². The van der Waals surface area contributed by atoms with Crippen molar-refractivity contribution in [3.8, 4) is 0 Å². The van der Waals surface area contributed by atoms with Gasteiger partial charge in [0, 0.05) is 5.70 Å². The van der Waals surface area contributed by atoms with Gasteiger partial charge >= 0.3 is 0 Å². The molecule has 9 heavy (non-hydrogen) atoms. The maximum atomic E-state index is 4.61. The van der Waals surface area contributed by atoms with E-state index in [1.54, 1.807) is 7.11 Å². The molecule has 0 aliphatic heterocycles. The summed E-state index contributed by atoms with van der Waals surface area (Å²) in [4.78, 5) is 3.90. The van der Waals surface area contributed by atoms with Gasteiger partial charge in [-0.3, -0.25) is 0 Å². The third-order valence-electron chi connectivity index (χ3n) is 0.990. The maximum absolute atomic E-state index is 4.61. The summed E-state index contributed by atoms with van der Waals surface area (Å²) < 4.78 is 4.61. The van der Waals surface area contributed by atoms with Gasteiger partial charge in [0.1, 0.15) is 0 Å². The van der Waals surface area contributed by atoms with Crippen molar-refractivity contribution in [1.82, 2.24) is 0 Å². The second-order valence-corrected chi connectivity index (χ2v) is 2.12. The zero-order valence-electron chi connectivity index (χ0n) is 6.22. The second-order valence-electron chi connectivity index (χ2n) is 2.12. The molecular formula is C7H13NO. The summed E-state index contributed by atoms with van der Waals surface area (Å²) in [7, 11) is 1.57. The SMILES string of the molecule is C=C(N=COC)C(C)C. The first kappa shape index (κ1) is 8.21. The predicted octanol–water partition coefficient (Wildman–Crippen LogP) is 1.83. The van der Waals surface area contributed by atoms with Crippen molar-refractivity contribution in [2.45, 2.75) is 13.8 Å². The van der Waals surface area contributed by atoms with Crippen molar-refractivity contribution in [1.29, 1.82) is 0 Å². The Morgan fingerprint density at radius 2 is 2.22 bits per heavy atom. The Labute approximate surface area is 56.2 Å². The largest absolute Gasteiger partial charge is 0.486 e. The molecule has 0 aromatic rings. The first-order valence-electron chi connectivity index (χ1n) is 2.92. The van der Waals surface area contributed by atoms with Crippen LogP contribution in [-0.4, -0.2) is 13.5 Å². The Morgan fingerprint density at radius 1 is 1.67 bits per heavy atom. The molecule has 0 atom stereocenters. The number of aliphatic imine (C=N–C) groups is 1. The number of ether oxygens (including phenoxy) is 1. The van der Waals surface area contributed by atoms with Crippen LogP contribution in [0.25, 0.3) is 0 Å². The third-order valence-corrected chi connectivity index (χ3v) is 0.990. The summed E-state index contributed by atoms with van der Waals surface area (Å²) >= 11 is 0. The molecule has 0 aromatic heterocycles. The van der Waals surface area contributed by atoms with Crippen LogP contribution in [0.3, 0.4) is 0 Å². The summed E-state index contributed by atoms with van der Waals surface area (Å²) in [6, 6.07) is 0.